The second-order valence-electron chi connectivity index (χ2n) is 25.5. The number of rotatable bonds is 12. The maximum Gasteiger partial charge on any atom is 0.335 e. The molecule has 0 atom stereocenters. The van der Waals surface area contributed by atoms with Crippen LogP contribution in [0.5, 0.6) is 11.5 Å². The van der Waals surface area contributed by atoms with Gasteiger partial charge in [-0.1, -0.05) is 266 Å². The molecule has 3 heteroatoms. The summed E-state index contributed by atoms with van der Waals surface area (Å²) in [6.45, 7) is 4.16. The van der Waals surface area contributed by atoms with Gasteiger partial charge in [-0.25, -0.2) is 4.79 Å². The van der Waals surface area contributed by atoms with Crippen LogP contribution in [-0.2, 0) is 0 Å². The molecule has 104 heavy (non-hydrogen) atoms. The van der Waals surface area contributed by atoms with Gasteiger partial charge in [0.1, 0.15) is 11.5 Å². The van der Waals surface area contributed by atoms with Crippen molar-refractivity contribution in [2.75, 3.05) is 0 Å². The molecule has 0 saturated heterocycles. The van der Waals surface area contributed by atoms with E-state index in [1.807, 2.05) is 146 Å². The second-order valence-corrected chi connectivity index (χ2v) is 25.5. The minimum absolute atomic E-state index is 0.206. The van der Waals surface area contributed by atoms with E-state index in [0.29, 0.717) is 11.5 Å². The van der Waals surface area contributed by atoms with Crippen molar-refractivity contribution in [1.29, 1.82) is 0 Å². The molecule has 0 unspecified atom stereocenters. The highest BCUT2D eigenvalue weighted by Crippen LogP contribution is 2.52. The van der Waals surface area contributed by atoms with Crippen molar-refractivity contribution in [2.45, 2.75) is 13.8 Å². The molecule has 0 heterocycles. The van der Waals surface area contributed by atoms with E-state index in [1.54, 1.807) is 12.1 Å². The van der Waals surface area contributed by atoms with E-state index in [1.165, 1.54) is 0 Å². The molecule has 488 valence electrons. The molecule has 15 aromatic carbocycles. The summed E-state index contributed by atoms with van der Waals surface area (Å²) in [7, 11) is 0. The average molecular weight is 1330 g/mol. The first kappa shape index (κ1) is 65.7. The minimum atomic E-state index is -0.998. The average Bonchev–Trinajstić information content (AvgIpc) is 0.711. The molecule has 0 aliphatic rings. The molecular weight excluding hydrogens is 1260 g/mol. The number of benzene rings is 15. The second kappa shape index (κ2) is 30.5. The number of hydrogen-bond donors (Lipinski definition) is 1. The molecule has 15 aromatic rings. The van der Waals surface area contributed by atoms with E-state index >= 15 is 0 Å². The van der Waals surface area contributed by atoms with Crippen LogP contribution in [0, 0.1) is 61.2 Å². The first-order chi connectivity index (χ1) is 51.2. The highest BCUT2D eigenvalue weighted by Gasteiger charge is 2.26. The van der Waals surface area contributed by atoms with Crippen molar-refractivity contribution in [3.8, 4) is 159 Å². The number of aromatic carboxylic acids is 1. The summed E-state index contributed by atoms with van der Waals surface area (Å²) in [5.41, 5.74) is 27.6. The van der Waals surface area contributed by atoms with Gasteiger partial charge in [-0.15, -0.1) is 0 Å². The van der Waals surface area contributed by atoms with Gasteiger partial charge in [-0.05, 0) is 265 Å². The Hall–Kier alpha value is -14.2. The normalized spacial score (nSPS) is 10.6. The van der Waals surface area contributed by atoms with E-state index in [2.05, 4.69) is 261 Å². The summed E-state index contributed by atoms with van der Waals surface area (Å²) < 4.78 is 6.90. The van der Waals surface area contributed by atoms with Crippen LogP contribution in [0.1, 0.15) is 66.0 Å². The van der Waals surface area contributed by atoms with Crippen LogP contribution in [-0.4, -0.2) is 11.1 Å². The quantitative estimate of drug-likeness (QED) is 0.124. The lowest BCUT2D eigenvalue weighted by molar-refractivity contribution is 0.0696. The highest BCUT2D eigenvalue weighted by atomic mass is 16.5. The fraction of sp³-hybridized carbons (Fsp3) is 0.0198. The number of ether oxygens (including phenoxy) is 1. The zero-order valence-electron chi connectivity index (χ0n) is 57.3. The van der Waals surface area contributed by atoms with Crippen molar-refractivity contribution in [1.82, 2.24) is 0 Å². The van der Waals surface area contributed by atoms with Gasteiger partial charge >= 0.3 is 5.97 Å². The lowest BCUT2D eigenvalue weighted by atomic mass is 9.78. The van der Waals surface area contributed by atoms with E-state index in [9.17, 15) is 9.90 Å². The van der Waals surface area contributed by atoms with Gasteiger partial charge < -0.3 is 9.84 Å². The number of carbonyl (C=O) groups is 1. The lowest BCUT2D eigenvalue weighted by Gasteiger charge is -2.25. The van der Waals surface area contributed by atoms with E-state index < -0.39 is 5.97 Å². The van der Waals surface area contributed by atoms with Crippen molar-refractivity contribution in [3.63, 3.8) is 0 Å². The Bertz CT molecular complexity index is 5880. The minimum Gasteiger partial charge on any atom is -0.478 e. The van der Waals surface area contributed by atoms with Gasteiger partial charge in [0.05, 0.1) is 5.56 Å². The Kier molecular flexibility index (Phi) is 19.3. The fourth-order valence-corrected chi connectivity index (χ4v) is 13.4. The first-order valence-electron chi connectivity index (χ1n) is 34.6. The molecule has 15 rings (SSSR count). The molecule has 3 nitrogen and oxygen atoms in total. The molecular formula is C101H66O3. The van der Waals surface area contributed by atoms with Gasteiger partial charge in [0.15, 0.2) is 0 Å². The largest absolute Gasteiger partial charge is 0.478 e. The van der Waals surface area contributed by atoms with Crippen LogP contribution in [0.25, 0.3) is 100 Å². The summed E-state index contributed by atoms with van der Waals surface area (Å²) in [6.07, 6.45) is 0. The molecule has 0 aliphatic heterocycles. The maximum absolute atomic E-state index is 13.0. The van der Waals surface area contributed by atoms with Gasteiger partial charge in [0, 0.05) is 44.5 Å². The molecule has 0 radical (unpaired) electrons. The third-order valence-electron chi connectivity index (χ3n) is 18.4. The van der Waals surface area contributed by atoms with Crippen LogP contribution >= 0.6 is 0 Å². The summed E-state index contributed by atoms with van der Waals surface area (Å²) in [6, 6.07) is 122. The van der Waals surface area contributed by atoms with Crippen molar-refractivity contribution in [3.05, 3.63) is 419 Å². The van der Waals surface area contributed by atoms with E-state index in [0.717, 1.165) is 156 Å². The predicted molar refractivity (Wildman–Crippen MR) is 428 cm³/mol. The van der Waals surface area contributed by atoms with Gasteiger partial charge in [0.2, 0.25) is 0 Å². The number of aryl methyl sites for hydroxylation is 2. The van der Waals surface area contributed by atoms with Gasteiger partial charge in [-0.3, -0.25) is 0 Å². The Balaban J connectivity index is 0.853. The monoisotopic (exact) mass is 1330 g/mol. The molecule has 0 aromatic heterocycles. The van der Waals surface area contributed by atoms with Crippen molar-refractivity contribution in [2.24, 2.45) is 0 Å². The molecule has 0 bridgehead atoms. The summed E-state index contributed by atoms with van der Waals surface area (Å²) in [4.78, 5) is 13.0. The number of carboxylic acid groups (broad SMARTS) is 1. The standard InChI is InChI=1S/C101H66O3/c1-70-65-88(68-89(66-70)101(102)103)94-69-93(81-51-43-77(44-52-81)38-34-73-23-11-4-12-24-73)97(100(83-31-19-8-20-32-83)98(94)85-55-47-79(48-56-85)40-36-75-27-15-6-16-28-75)87-59-63-91(64-60-87)104-90-61-57-86(58-62-90)96-92(80-49-41-76(42-50-80)37-33-72-21-9-3-10-22-72)67-71(2)95(99(96)82-29-17-7-18-30-82)84-53-45-78(46-54-84)39-35-74-25-13-5-14-26-74/h3-32,41-69H,1-2H3,(H,102,103). The van der Waals surface area contributed by atoms with Gasteiger partial charge in [-0.2, -0.15) is 0 Å². The zero-order valence-corrected chi connectivity index (χ0v) is 57.3. The highest BCUT2D eigenvalue weighted by molar-refractivity contribution is 6.08. The first-order valence-corrected chi connectivity index (χ1v) is 34.6. The summed E-state index contributed by atoms with van der Waals surface area (Å²) >= 11 is 0. The van der Waals surface area contributed by atoms with E-state index in [4.69, 9.17) is 4.74 Å². The zero-order chi connectivity index (χ0) is 70.6. The molecule has 0 spiro atoms. The van der Waals surface area contributed by atoms with Crippen LogP contribution in [0.4, 0.5) is 0 Å². The number of carboxylic acids is 1. The van der Waals surface area contributed by atoms with Crippen LogP contribution in [0.2, 0.25) is 0 Å². The Labute approximate surface area is 608 Å². The molecule has 1 N–H and O–H groups in total. The molecule has 0 fully saturated rings. The molecule has 0 amide bonds. The molecule has 0 aliphatic carbocycles. The third-order valence-corrected chi connectivity index (χ3v) is 18.4. The Morgan fingerprint density at radius 3 is 0.837 bits per heavy atom. The maximum atomic E-state index is 13.0. The summed E-state index contributed by atoms with van der Waals surface area (Å²) in [5.74, 6) is 27.2. The lowest BCUT2D eigenvalue weighted by Crippen LogP contribution is -2.01. The predicted octanol–water partition coefficient (Wildman–Crippen LogP) is 24.4. The van der Waals surface area contributed by atoms with Gasteiger partial charge in [0.25, 0.3) is 0 Å². The fourth-order valence-electron chi connectivity index (χ4n) is 13.4. The topological polar surface area (TPSA) is 46.5 Å². The summed E-state index contributed by atoms with van der Waals surface area (Å²) in [5, 5.41) is 10.6. The van der Waals surface area contributed by atoms with Crippen molar-refractivity contribution < 1.29 is 14.6 Å². The van der Waals surface area contributed by atoms with Crippen LogP contribution in [0.15, 0.2) is 358 Å². The Morgan fingerprint density at radius 2 is 0.500 bits per heavy atom. The molecule has 0 saturated carbocycles. The van der Waals surface area contributed by atoms with Crippen LogP contribution in [0.3, 0.4) is 0 Å². The van der Waals surface area contributed by atoms with Crippen molar-refractivity contribution >= 4 is 5.97 Å². The Morgan fingerprint density at radius 1 is 0.240 bits per heavy atom. The van der Waals surface area contributed by atoms with Crippen LogP contribution < -0.4 is 4.74 Å². The third kappa shape index (κ3) is 15.0. The SMILES string of the molecule is Cc1cc(C(=O)O)cc(-c2cc(-c3ccc(C#Cc4ccccc4)cc3)c(-c3ccc(Oc4ccc(-c5c(-c6ccc(C#Cc7ccccc7)cc6)cc(C)c(-c6ccc(C#Cc7ccccc7)cc6)c5-c5ccccc5)cc4)cc3)c(-c3ccccc3)c2-c2ccc(C#Cc3ccccc3)cc2)c1. The number of hydrogen-bond acceptors (Lipinski definition) is 2. The van der Waals surface area contributed by atoms with E-state index in [-0.39, 0.29) is 5.56 Å². The smallest absolute Gasteiger partial charge is 0.335 e.